The number of sulfonamides is 1. The van der Waals surface area contributed by atoms with Gasteiger partial charge >= 0.3 is 6.18 Å². The van der Waals surface area contributed by atoms with E-state index in [9.17, 15) is 21.6 Å². The Kier molecular flexibility index (Phi) is 6.18. The molecule has 0 fully saturated rings. The minimum atomic E-state index is -4.72. The second kappa shape index (κ2) is 8.49. The minimum Gasteiger partial charge on any atom is -0.471 e. The normalized spacial score (nSPS) is 11.9. The fourth-order valence-electron chi connectivity index (χ4n) is 2.51. The van der Waals surface area contributed by atoms with Gasteiger partial charge in [-0.3, -0.25) is 9.71 Å². The molecule has 0 aliphatic carbocycles. The van der Waals surface area contributed by atoms with Gasteiger partial charge in [-0.2, -0.15) is 13.2 Å². The van der Waals surface area contributed by atoms with Crippen molar-refractivity contribution in [2.24, 2.45) is 0 Å². The molecule has 0 saturated heterocycles. The van der Waals surface area contributed by atoms with E-state index in [1.54, 1.807) is 18.3 Å². The number of halogens is 4. The number of hydrogen-bond acceptors (Lipinski definition) is 5. The van der Waals surface area contributed by atoms with Crippen LogP contribution in [0.4, 0.5) is 18.9 Å². The molecule has 0 radical (unpaired) electrons. The lowest BCUT2D eigenvalue weighted by Crippen LogP contribution is -2.17. The molecule has 0 unspecified atom stereocenters. The summed E-state index contributed by atoms with van der Waals surface area (Å²) in [5.74, 6) is -0.310. The molecule has 1 N–H and O–H groups in total. The molecule has 0 aliphatic heterocycles. The SMILES string of the molecule is Cc1c(Cl)cccc1S(=O)(=O)Nc1cc(C(F)(F)F)cnc1OCc1cccnc1. The smallest absolute Gasteiger partial charge is 0.417 e. The van der Waals surface area contributed by atoms with Crippen LogP contribution in [-0.4, -0.2) is 18.4 Å². The Morgan fingerprint density at radius 1 is 1.17 bits per heavy atom. The molecule has 0 atom stereocenters. The van der Waals surface area contributed by atoms with Gasteiger partial charge in [-0.05, 0) is 36.8 Å². The zero-order valence-corrected chi connectivity index (χ0v) is 17.0. The highest BCUT2D eigenvalue weighted by atomic mass is 35.5. The van der Waals surface area contributed by atoms with E-state index >= 15 is 0 Å². The molecule has 6 nitrogen and oxygen atoms in total. The van der Waals surface area contributed by atoms with E-state index in [1.807, 2.05) is 0 Å². The van der Waals surface area contributed by atoms with Crippen molar-refractivity contribution in [2.45, 2.75) is 24.6 Å². The van der Waals surface area contributed by atoms with Crippen molar-refractivity contribution in [3.05, 3.63) is 76.7 Å². The minimum absolute atomic E-state index is 0.0723. The Morgan fingerprint density at radius 2 is 1.93 bits per heavy atom. The highest BCUT2D eigenvalue weighted by molar-refractivity contribution is 7.92. The first kappa shape index (κ1) is 21.8. The highest BCUT2D eigenvalue weighted by Gasteiger charge is 2.33. The fraction of sp³-hybridized carbons (Fsp3) is 0.158. The molecule has 0 saturated carbocycles. The van der Waals surface area contributed by atoms with Crippen LogP contribution in [0.1, 0.15) is 16.7 Å². The summed E-state index contributed by atoms with van der Waals surface area (Å²) in [5.41, 5.74) is -0.701. The van der Waals surface area contributed by atoms with Gasteiger partial charge in [0.05, 0.1) is 10.5 Å². The number of rotatable bonds is 6. The van der Waals surface area contributed by atoms with E-state index in [4.69, 9.17) is 16.3 Å². The molecule has 3 rings (SSSR count). The Hall–Kier alpha value is -2.85. The largest absolute Gasteiger partial charge is 0.471 e. The van der Waals surface area contributed by atoms with Crippen LogP contribution in [0.25, 0.3) is 0 Å². The molecule has 0 amide bonds. The maximum Gasteiger partial charge on any atom is 0.417 e. The predicted octanol–water partition coefficient (Wildman–Crippen LogP) is 4.84. The molecule has 11 heteroatoms. The van der Waals surface area contributed by atoms with Gasteiger partial charge in [0.25, 0.3) is 10.0 Å². The monoisotopic (exact) mass is 457 g/mol. The first-order valence-electron chi connectivity index (χ1n) is 8.45. The van der Waals surface area contributed by atoms with Gasteiger partial charge in [0.2, 0.25) is 5.88 Å². The van der Waals surface area contributed by atoms with E-state index < -0.39 is 27.5 Å². The second-order valence-electron chi connectivity index (χ2n) is 6.19. The van der Waals surface area contributed by atoms with E-state index in [2.05, 4.69) is 14.7 Å². The maximum atomic E-state index is 13.1. The summed E-state index contributed by atoms with van der Waals surface area (Å²) in [6.45, 7) is 1.41. The van der Waals surface area contributed by atoms with Crippen LogP contribution in [0, 0.1) is 6.92 Å². The van der Waals surface area contributed by atoms with Gasteiger partial charge in [0.1, 0.15) is 12.3 Å². The van der Waals surface area contributed by atoms with Crippen LogP contribution < -0.4 is 9.46 Å². The summed E-state index contributed by atoms with van der Waals surface area (Å²) >= 11 is 5.97. The van der Waals surface area contributed by atoms with Crippen molar-refractivity contribution in [3.8, 4) is 5.88 Å². The van der Waals surface area contributed by atoms with Gasteiger partial charge in [0.15, 0.2) is 0 Å². The van der Waals surface area contributed by atoms with Crippen molar-refractivity contribution in [3.63, 3.8) is 0 Å². The van der Waals surface area contributed by atoms with E-state index in [0.29, 0.717) is 17.8 Å². The van der Waals surface area contributed by atoms with Gasteiger partial charge in [-0.1, -0.05) is 23.7 Å². The third kappa shape index (κ3) is 5.00. The second-order valence-corrected chi connectivity index (χ2v) is 8.25. The van der Waals surface area contributed by atoms with Crippen LogP contribution in [0.3, 0.4) is 0 Å². The Morgan fingerprint density at radius 3 is 2.60 bits per heavy atom. The van der Waals surface area contributed by atoms with Crippen molar-refractivity contribution in [2.75, 3.05) is 4.72 Å². The van der Waals surface area contributed by atoms with Crippen LogP contribution in [0.15, 0.2) is 59.9 Å². The molecular formula is C19H15ClF3N3O3S. The molecule has 0 bridgehead atoms. The quantitative estimate of drug-likeness (QED) is 0.573. The summed E-state index contributed by atoms with van der Waals surface area (Å²) in [7, 11) is -4.27. The molecule has 30 heavy (non-hydrogen) atoms. The number of nitrogens with one attached hydrogen (secondary N) is 1. The Labute approximate surface area is 175 Å². The average molecular weight is 458 g/mol. The van der Waals surface area contributed by atoms with E-state index in [-0.39, 0.29) is 28.0 Å². The third-order valence-corrected chi connectivity index (χ3v) is 5.95. The number of pyridine rings is 2. The third-order valence-electron chi connectivity index (χ3n) is 4.03. The lowest BCUT2D eigenvalue weighted by molar-refractivity contribution is -0.137. The number of alkyl halides is 3. The zero-order valence-electron chi connectivity index (χ0n) is 15.4. The lowest BCUT2D eigenvalue weighted by atomic mass is 10.2. The predicted molar refractivity (Wildman–Crippen MR) is 105 cm³/mol. The van der Waals surface area contributed by atoms with Crippen molar-refractivity contribution in [1.82, 2.24) is 9.97 Å². The highest BCUT2D eigenvalue weighted by Crippen LogP contribution is 2.35. The molecule has 0 spiro atoms. The molecule has 2 aromatic heterocycles. The summed E-state index contributed by atoms with van der Waals surface area (Å²) < 4.78 is 72.6. The molecule has 3 aromatic rings. The number of aromatic nitrogens is 2. The van der Waals surface area contributed by atoms with Gasteiger partial charge in [-0.15, -0.1) is 0 Å². The van der Waals surface area contributed by atoms with E-state index in [1.165, 1.54) is 31.3 Å². The lowest BCUT2D eigenvalue weighted by Gasteiger charge is -2.16. The fourth-order valence-corrected chi connectivity index (χ4v) is 4.06. The van der Waals surface area contributed by atoms with Gasteiger partial charge in [-0.25, -0.2) is 13.4 Å². The van der Waals surface area contributed by atoms with Crippen LogP contribution in [0.2, 0.25) is 5.02 Å². The van der Waals surface area contributed by atoms with Crippen molar-refractivity contribution >= 4 is 27.3 Å². The number of hydrogen-bond donors (Lipinski definition) is 1. The molecule has 2 heterocycles. The molecule has 1 aromatic carbocycles. The number of anilines is 1. The molecule has 158 valence electrons. The van der Waals surface area contributed by atoms with Crippen LogP contribution in [0.5, 0.6) is 5.88 Å². The Balaban J connectivity index is 1.98. The van der Waals surface area contributed by atoms with Crippen LogP contribution >= 0.6 is 11.6 Å². The molecule has 0 aliphatic rings. The average Bonchev–Trinajstić information content (AvgIpc) is 2.68. The van der Waals surface area contributed by atoms with Gasteiger partial charge < -0.3 is 4.74 Å². The van der Waals surface area contributed by atoms with Crippen molar-refractivity contribution in [1.29, 1.82) is 0 Å². The number of nitrogens with zero attached hydrogens (tertiary/aromatic N) is 2. The first-order chi connectivity index (χ1) is 14.1. The van der Waals surface area contributed by atoms with Crippen LogP contribution in [-0.2, 0) is 22.8 Å². The summed E-state index contributed by atoms with van der Waals surface area (Å²) in [5, 5.41) is 0.202. The summed E-state index contributed by atoms with van der Waals surface area (Å²) in [6, 6.07) is 8.20. The zero-order chi connectivity index (χ0) is 21.9. The van der Waals surface area contributed by atoms with E-state index in [0.717, 1.165) is 0 Å². The first-order valence-corrected chi connectivity index (χ1v) is 10.3. The van der Waals surface area contributed by atoms with Gasteiger partial charge in [0, 0.05) is 29.2 Å². The summed E-state index contributed by atoms with van der Waals surface area (Å²) in [4.78, 5) is 7.40. The maximum absolute atomic E-state index is 13.1. The number of ether oxygens (including phenoxy) is 1. The van der Waals surface area contributed by atoms with Crippen molar-refractivity contribution < 1.29 is 26.3 Å². The standard InChI is InChI=1S/C19H15ClF3N3O3S/c1-12-15(20)5-2-6-17(12)30(27,28)26-16-8-14(19(21,22)23)10-25-18(16)29-11-13-4-3-7-24-9-13/h2-10,26H,11H2,1H3. The summed E-state index contributed by atoms with van der Waals surface area (Å²) in [6.07, 6.45) is -1.10. The Bertz CT molecular complexity index is 1160. The topological polar surface area (TPSA) is 81.2 Å². The molecular weight excluding hydrogens is 443 g/mol. The number of benzene rings is 1.